The maximum Gasteiger partial charge on any atom is 0.271 e. The lowest BCUT2D eigenvalue weighted by Crippen LogP contribution is -2.33. The Bertz CT molecular complexity index is 3080. The molecule has 0 atom stereocenters. The zero-order valence-corrected chi connectivity index (χ0v) is 36.7. The fourth-order valence-electron chi connectivity index (χ4n) is 8.50. The summed E-state index contributed by atoms with van der Waals surface area (Å²) in [6.07, 6.45) is 7.96. The summed E-state index contributed by atoms with van der Waals surface area (Å²) in [5.74, 6) is 1.17. The molecule has 0 aliphatic rings. The zero-order valence-electron chi connectivity index (χ0n) is 36.7. The van der Waals surface area contributed by atoms with Crippen LogP contribution < -0.4 is 4.57 Å². The molecule has 5 nitrogen and oxygen atoms in total. The van der Waals surface area contributed by atoms with E-state index in [4.69, 9.17) is 4.98 Å². The summed E-state index contributed by atoms with van der Waals surface area (Å²) in [5, 5.41) is 13.6. The van der Waals surface area contributed by atoms with Crippen molar-refractivity contribution in [2.45, 2.75) is 78.6 Å². The van der Waals surface area contributed by atoms with Gasteiger partial charge in [-0.2, -0.15) is 0 Å². The molecule has 4 aromatic heterocycles. The van der Waals surface area contributed by atoms with Gasteiger partial charge in [0.05, 0.1) is 16.9 Å². The molecule has 9 aromatic rings. The van der Waals surface area contributed by atoms with Gasteiger partial charge in [-0.1, -0.05) is 178 Å². The number of imidazole rings is 1. The van der Waals surface area contributed by atoms with Gasteiger partial charge >= 0.3 is 0 Å². The number of benzene rings is 5. The number of para-hydroxylation sites is 1. The van der Waals surface area contributed by atoms with Crippen LogP contribution in [0.25, 0.3) is 72.7 Å². The maximum absolute atomic E-state index is 12.5. The average Bonchev–Trinajstić information content (AvgIpc) is 3.82. The van der Waals surface area contributed by atoms with Gasteiger partial charge < -0.3 is 9.67 Å². The third-order valence-electron chi connectivity index (χ3n) is 12.0. The van der Waals surface area contributed by atoms with E-state index in [1.54, 1.807) is 0 Å². The first-order valence-corrected chi connectivity index (χ1v) is 21.3. The SMILES string of the molecule is CC(C)(C)c1ccc(-c2c3cccc(-n4cc(-c5cc(-c6ccccc6)ccn5)c5ccccc54)n3[c-][n+]2-c2cc(C(C)(C)C)cc(C(C)(C)C)c2O)c(-c2ccccc2)c1. The third kappa shape index (κ3) is 7.22. The number of fused-ring (bicyclic) bond motifs is 2. The van der Waals surface area contributed by atoms with E-state index in [1.807, 2.05) is 12.3 Å². The van der Waals surface area contributed by atoms with Gasteiger partial charge in [0.2, 0.25) is 0 Å². The number of pyridine rings is 2. The summed E-state index contributed by atoms with van der Waals surface area (Å²) < 4.78 is 6.52. The van der Waals surface area contributed by atoms with Gasteiger partial charge in [0.1, 0.15) is 17.3 Å². The first kappa shape index (κ1) is 39.7. The standard InChI is InChI=1S/C56H54N4O/c1-54(2,3)40-27-28-43(44(32-40)38-21-14-11-15-22-38)52-49-25-18-26-51(59(49)36-60(52)50-34-41(55(4,5)6)33-46(53(50)61)56(7,8)9)58-35-45(42-23-16-17-24-48(42)58)47-31-39(29-30-57-47)37-19-12-10-13-20-37/h10-35,61H,1-9H3. The Kier molecular flexibility index (Phi) is 9.62. The van der Waals surface area contributed by atoms with Crippen LogP contribution in [-0.2, 0) is 16.2 Å². The molecule has 0 unspecified atom stereocenters. The highest BCUT2D eigenvalue weighted by molar-refractivity contribution is 5.97. The van der Waals surface area contributed by atoms with Crippen LogP contribution in [0.3, 0.4) is 0 Å². The predicted octanol–water partition coefficient (Wildman–Crippen LogP) is 13.6. The number of hydrogen-bond donors (Lipinski definition) is 1. The van der Waals surface area contributed by atoms with Gasteiger partial charge in [0.15, 0.2) is 0 Å². The normalized spacial score (nSPS) is 12.4. The van der Waals surface area contributed by atoms with E-state index < -0.39 is 0 Å². The average molecular weight is 799 g/mol. The molecule has 1 N–H and O–H groups in total. The Morgan fingerprint density at radius 3 is 1.89 bits per heavy atom. The molecule has 0 fully saturated rings. The summed E-state index contributed by atoms with van der Waals surface area (Å²) in [6.45, 7) is 20.0. The van der Waals surface area contributed by atoms with Crippen molar-refractivity contribution in [2.24, 2.45) is 0 Å². The Labute approximate surface area is 360 Å². The Morgan fingerprint density at radius 2 is 1.20 bits per heavy atom. The minimum Gasteiger partial charge on any atom is -0.511 e. The molecular formula is C56H54N4O. The van der Waals surface area contributed by atoms with Crippen molar-refractivity contribution in [3.05, 3.63) is 181 Å². The molecule has 0 bridgehead atoms. The number of phenols is 1. The quantitative estimate of drug-likeness (QED) is 0.135. The summed E-state index contributed by atoms with van der Waals surface area (Å²) in [6, 6.07) is 51.5. The van der Waals surface area contributed by atoms with Crippen molar-refractivity contribution in [3.63, 3.8) is 0 Å². The summed E-state index contributed by atoms with van der Waals surface area (Å²) >= 11 is 0. The van der Waals surface area contributed by atoms with Crippen molar-refractivity contribution in [1.29, 1.82) is 0 Å². The van der Waals surface area contributed by atoms with E-state index in [9.17, 15) is 5.11 Å². The first-order chi connectivity index (χ1) is 29.1. The van der Waals surface area contributed by atoms with Crippen LogP contribution in [0.1, 0.15) is 79.0 Å². The minimum absolute atomic E-state index is 0.0657. The molecule has 0 saturated carbocycles. The maximum atomic E-state index is 12.5. The molecule has 4 heterocycles. The monoisotopic (exact) mass is 798 g/mol. The van der Waals surface area contributed by atoms with Gasteiger partial charge in [-0.05, 0) is 91.1 Å². The number of hydrogen-bond acceptors (Lipinski definition) is 2. The van der Waals surface area contributed by atoms with Crippen LogP contribution in [0.4, 0.5) is 0 Å². The highest BCUT2D eigenvalue weighted by Crippen LogP contribution is 2.42. The van der Waals surface area contributed by atoms with Crippen LogP contribution in [0.2, 0.25) is 0 Å². The van der Waals surface area contributed by atoms with Crippen molar-refractivity contribution >= 4 is 16.4 Å². The fraction of sp³-hybridized carbons (Fsp3) is 0.214. The van der Waals surface area contributed by atoms with Gasteiger partial charge in [-0.15, -0.1) is 0 Å². The van der Waals surface area contributed by atoms with Gasteiger partial charge in [0, 0.05) is 28.9 Å². The Morgan fingerprint density at radius 1 is 0.541 bits per heavy atom. The number of nitrogens with zero attached hydrogens (tertiary/aromatic N) is 4. The van der Waals surface area contributed by atoms with E-state index >= 15 is 0 Å². The first-order valence-electron chi connectivity index (χ1n) is 21.3. The zero-order chi connectivity index (χ0) is 42.8. The van der Waals surface area contributed by atoms with Crippen molar-refractivity contribution < 1.29 is 9.67 Å². The number of phenolic OH excluding ortho intramolecular Hbond substituents is 1. The Hall–Kier alpha value is -6.72. The van der Waals surface area contributed by atoms with Crippen LogP contribution >= 0.6 is 0 Å². The molecule has 5 heteroatoms. The lowest BCUT2D eigenvalue weighted by molar-refractivity contribution is -0.587. The lowest BCUT2D eigenvalue weighted by atomic mass is 9.79. The molecule has 9 rings (SSSR count). The van der Waals surface area contributed by atoms with E-state index in [1.165, 1.54) is 5.56 Å². The Balaban J connectivity index is 1.37. The smallest absolute Gasteiger partial charge is 0.271 e. The van der Waals surface area contributed by atoms with Gasteiger partial charge in [0.25, 0.3) is 6.33 Å². The van der Waals surface area contributed by atoms with Crippen LogP contribution in [0, 0.1) is 6.33 Å². The molecule has 61 heavy (non-hydrogen) atoms. The summed E-state index contributed by atoms with van der Waals surface area (Å²) in [5.41, 5.74) is 13.9. The van der Waals surface area contributed by atoms with Gasteiger partial charge in [-0.3, -0.25) is 14.0 Å². The third-order valence-corrected chi connectivity index (χ3v) is 12.0. The highest BCUT2D eigenvalue weighted by Gasteiger charge is 2.29. The van der Waals surface area contributed by atoms with Crippen molar-refractivity contribution in [3.8, 4) is 62.0 Å². The molecule has 304 valence electrons. The molecule has 0 radical (unpaired) electrons. The molecule has 0 aliphatic heterocycles. The van der Waals surface area contributed by atoms with Crippen LogP contribution in [0.5, 0.6) is 5.75 Å². The minimum atomic E-state index is -0.318. The molecule has 0 spiro atoms. The number of aromatic nitrogens is 4. The van der Waals surface area contributed by atoms with E-state index in [0.29, 0.717) is 5.69 Å². The largest absolute Gasteiger partial charge is 0.511 e. The molecule has 0 saturated heterocycles. The fourth-order valence-corrected chi connectivity index (χ4v) is 8.50. The second kappa shape index (κ2) is 14.8. The molecular weight excluding hydrogens is 745 g/mol. The topological polar surface area (TPSA) is 46.3 Å². The van der Waals surface area contributed by atoms with E-state index in [2.05, 4.69) is 228 Å². The summed E-state index contributed by atoms with van der Waals surface area (Å²) in [4.78, 5) is 4.92. The number of aromatic hydroxyl groups is 1. The molecule has 5 aromatic carbocycles. The lowest BCUT2D eigenvalue weighted by Gasteiger charge is -2.28. The van der Waals surface area contributed by atoms with Crippen LogP contribution in [0.15, 0.2) is 158 Å². The van der Waals surface area contributed by atoms with Gasteiger partial charge in [-0.25, -0.2) is 0 Å². The highest BCUT2D eigenvalue weighted by atomic mass is 16.3. The van der Waals surface area contributed by atoms with E-state index in [-0.39, 0.29) is 22.0 Å². The van der Waals surface area contributed by atoms with Crippen molar-refractivity contribution in [1.82, 2.24) is 14.0 Å². The molecule has 0 aliphatic carbocycles. The summed E-state index contributed by atoms with van der Waals surface area (Å²) in [7, 11) is 0. The van der Waals surface area contributed by atoms with E-state index in [0.717, 1.165) is 78.1 Å². The van der Waals surface area contributed by atoms with Crippen LogP contribution in [-0.4, -0.2) is 19.1 Å². The second-order valence-corrected chi connectivity index (χ2v) is 19.4. The second-order valence-electron chi connectivity index (χ2n) is 19.4. The number of rotatable bonds is 6. The van der Waals surface area contributed by atoms with Crippen molar-refractivity contribution in [2.75, 3.05) is 0 Å². The molecule has 0 amide bonds. The predicted molar refractivity (Wildman–Crippen MR) is 252 cm³/mol.